The summed E-state index contributed by atoms with van der Waals surface area (Å²) >= 11 is 0. The number of hydrogen-bond donors (Lipinski definition) is 1. The van der Waals surface area contributed by atoms with Crippen molar-refractivity contribution >= 4 is 5.97 Å². The van der Waals surface area contributed by atoms with E-state index in [1.54, 1.807) is 23.0 Å². The van der Waals surface area contributed by atoms with Crippen LogP contribution in [0, 0.1) is 11.7 Å². The third-order valence-electron chi connectivity index (χ3n) is 3.57. The lowest BCUT2D eigenvalue weighted by molar-refractivity contribution is -0.142. The predicted octanol–water partition coefficient (Wildman–Crippen LogP) is 2.20. The Morgan fingerprint density at radius 3 is 2.79 bits per heavy atom. The van der Waals surface area contributed by atoms with Gasteiger partial charge in [0.1, 0.15) is 5.82 Å². The zero-order valence-corrected chi connectivity index (χ0v) is 10.2. The number of rotatable bonds is 2. The zero-order valence-electron chi connectivity index (χ0n) is 10.2. The van der Waals surface area contributed by atoms with E-state index in [1.165, 1.54) is 12.1 Å². The summed E-state index contributed by atoms with van der Waals surface area (Å²) in [4.78, 5) is 11.0. The number of benzene rings is 1. The van der Waals surface area contributed by atoms with E-state index in [2.05, 4.69) is 5.10 Å². The largest absolute Gasteiger partial charge is 0.481 e. The molecule has 0 bridgehead atoms. The summed E-state index contributed by atoms with van der Waals surface area (Å²) in [6, 6.07) is 6.14. The first-order chi connectivity index (χ1) is 9.15. The van der Waals surface area contributed by atoms with Crippen molar-refractivity contribution in [2.75, 3.05) is 0 Å². The van der Waals surface area contributed by atoms with E-state index in [4.69, 9.17) is 5.11 Å². The molecule has 0 saturated carbocycles. The predicted molar refractivity (Wildman–Crippen MR) is 66.7 cm³/mol. The van der Waals surface area contributed by atoms with Gasteiger partial charge in [-0.05, 0) is 49.1 Å². The van der Waals surface area contributed by atoms with Crippen molar-refractivity contribution in [1.29, 1.82) is 0 Å². The van der Waals surface area contributed by atoms with Crippen LogP contribution in [0.5, 0.6) is 0 Å². The topological polar surface area (TPSA) is 55.1 Å². The fraction of sp³-hybridized carbons (Fsp3) is 0.286. The fourth-order valence-electron chi connectivity index (χ4n) is 2.54. The number of carbonyl (C=O) groups is 1. The van der Waals surface area contributed by atoms with Crippen LogP contribution in [-0.2, 0) is 17.6 Å². The maximum absolute atomic E-state index is 12.9. The van der Waals surface area contributed by atoms with Gasteiger partial charge in [-0.25, -0.2) is 9.07 Å². The minimum atomic E-state index is -0.750. The first-order valence-corrected chi connectivity index (χ1v) is 6.19. The molecule has 0 spiro atoms. The fourth-order valence-corrected chi connectivity index (χ4v) is 2.54. The summed E-state index contributed by atoms with van der Waals surface area (Å²) in [5.41, 5.74) is 2.81. The standard InChI is InChI=1S/C14H13FN2O2/c15-11-2-4-12(5-3-11)17-13-6-1-9(14(18)19)7-10(13)8-16-17/h2-5,8-9H,1,6-7H2,(H,18,19). The normalized spacial score (nSPS) is 18.1. The van der Waals surface area contributed by atoms with Gasteiger partial charge in [0.2, 0.25) is 0 Å². The van der Waals surface area contributed by atoms with E-state index in [9.17, 15) is 9.18 Å². The van der Waals surface area contributed by atoms with E-state index < -0.39 is 5.97 Å². The van der Waals surface area contributed by atoms with Gasteiger partial charge in [-0.3, -0.25) is 4.79 Å². The maximum atomic E-state index is 12.9. The first-order valence-electron chi connectivity index (χ1n) is 6.19. The lowest BCUT2D eigenvalue weighted by Gasteiger charge is -2.19. The number of aliphatic carboxylic acids is 1. The zero-order chi connectivity index (χ0) is 13.4. The third kappa shape index (κ3) is 2.12. The van der Waals surface area contributed by atoms with E-state index in [0.29, 0.717) is 19.3 Å². The Bertz CT molecular complexity index is 619. The Kier molecular flexibility index (Phi) is 2.81. The van der Waals surface area contributed by atoms with Crippen LogP contribution in [0.4, 0.5) is 4.39 Å². The van der Waals surface area contributed by atoms with Crippen molar-refractivity contribution in [3.05, 3.63) is 47.5 Å². The van der Waals surface area contributed by atoms with Gasteiger partial charge in [0.15, 0.2) is 0 Å². The second-order valence-electron chi connectivity index (χ2n) is 4.78. The molecule has 1 aliphatic carbocycles. The number of carboxylic acid groups (broad SMARTS) is 1. The molecular formula is C14H13FN2O2. The second kappa shape index (κ2) is 4.50. The summed E-state index contributed by atoms with van der Waals surface area (Å²) in [5, 5.41) is 13.3. The van der Waals surface area contributed by atoms with Crippen molar-refractivity contribution in [1.82, 2.24) is 9.78 Å². The van der Waals surface area contributed by atoms with Gasteiger partial charge in [0.25, 0.3) is 0 Å². The molecule has 1 aromatic heterocycles. The Morgan fingerprint density at radius 1 is 1.37 bits per heavy atom. The Morgan fingerprint density at radius 2 is 2.11 bits per heavy atom. The van der Waals surface area contributed by atoms with Crippen molar-refractivity contribution in [2.24, 2.45) is 5.92 Å². The molecule has 0 radical (unpaired) electrons. The van der Waals surface area contributed by atoms with Gasteiger partial charge in [0, 0.05) is 5.69 Å². The molecule has 0 aliphatic heterocycles. The van der Waals surface area contributed by atoms with Gasteiger partial charge in [-0.15, -0.1) is 0 Å². The molecule has 0 amide bonds. The molecule has 4 nitrogen and oxygen atoms in total. The summed E-state index contributed by atoms with van der Waals surface area (Å²) in [5.74, 6) is -1.35. The van der Waals surface area contributed by atoms with Crippen LogP contribution < -0.4 is 0 Å². The van der Waals surface area contributed by atoms with Crippen LogP contribution in [0.15, 0.2) is 30.5 Å². The average Bonchev–Trinajstić information content (AvgIpc) is 2.82. The second-order valence-corrected chi connectivity index (χ2v) is 4.78. The maximum Gasteiger partial charge on any atom is 0.306 e. The Labute approximate surface area is 109 Å². The van der Waals surface area contributed by atoms with Gasteiger partial charge in [0.05, 0.1) is 17.8 Å². The van der Waals surface area contributed by atoms with E-state index in [1.807, 2.05) is 0 Å². The van der Waals surface area contributed by atoms with Crippen molar-refractivity contribution in [2.45, 2.75) is 19.3 Å². The molecule has 3 rings (SSSR count). The smallest absolute Gasteiger partial charge is 0.306 e. The van der Waals surface area contributed by atoms with Gasteiger partial charge >= 0.3 is 5.97 Å². The number of nitrogens with zero attached hydrogens (tertiary/aromatic N) is 2. The number of hydrogen-bond acceptors (Lipinski definition) is 2. The molecular weight excluding hydrogens is 247 g/mol. The number of fused-ring (bicyclic) bond motifs is 1. The molecule has 1 N–H and O–H groups in total. The van der Waals surface area contributed by atoms with E-state index in [0.717, 1.165) is 16.9 Å². The summed E-state index contributed by atoms with van der Waals surface area (Å²) in [6.07, 6.45) is 3.54. The van der Waals surface area contributed by atoms with Crippen LogP contribution >= 0.6 is 0 Å². The summed E-state index contributed by atoms with van der Waals surface area (Å²) in [6.45, 7) is 0. The van der Waals surface area contributed by atoms with E-state index in [-0.39, 0.29) is 11.7 Å². The average molecular weight is 260 g/mol. The molecule has 19 heavy (non-hydrogen) atoms. The van der Waals surface area contributed by atoms with Crippen LogP contribution in [0.2, 0.25) is 0 Å². The van der Waals surface area contributed by atoms with Crippen molar-refractivity contribution in [3.63, 3.8) is 0 Å². The monoisotopic (exact) mass is 260 g/mol. The highest BCUT2D eigenvalue weighted by Gasteiger charge is 2.27. The highest BCUT2D eigenvalue weighted by molar-refractivity contribution is 5.71. The molecule has 98 valence electrons. The van der Waals surface area contributed by atoms with Gasteiger partial charge in [-0.2, -0.15) is 5.10 Å². The first kappa shape index (κ1) is 11.9. The summed E-state index contributed by atoms with van der Waals surface area (Å²) in [7, 11) is 0. The molecule has 1 aliphatic rings. The highest BCUT2D eigenvalue weighted by atomic mass is 19.1. The Hall–Kier alpha value is -2.17. The quantitative estimate of drug-likeness (QED) is 0.900. The molecule has 1 heterocycles. The molecule has 1 atom stereocenters. The van der Waals surface area contributed by atoms with Crippen LogP contribution in [0.1, 0.15) is 17.7 Å². The molecule has 1 unspecified atom stereocenters. The third-order valence-corrected chi connectivity index (χ3v) is 3.57. The Balaban J connectivity index is 1.95. The van der Waals surface area contributed by atoms with Crippen molar-refractivity contribution < 1.29 is 14.3 Å². The molecule has 0 saturated heterocycles. The highest BCUT2D eigenvalue weighted by Crippen LogP contribution is 2.27. The van der Waals surface area contributed by atoms with Crippen molar-refractivity contribution in [3.8, 4) is 5.69 Å². The molecule has 0 fully saturated rings. The lowest BCUT2D eigenvalue weighted by atomic mass is 9.88. The van der Waals surface area contributed by atoms with Gasteiger partial charge in [-0.1, -0.05) is 0 Å². The lowest BCUT2D eigenvalue weighted by Crippen LogP contribution is -2.22. The minimum Gasteiger partial charge on any atom is -0.481 e. The molecule has 5 heteroatoms. The minimum absolute atomic E-state index is 0.282. The van der Waals surface area contributed by atoms with E-state index >= 15 is 0 Å². The van der Waals surface area contributed by atoms with Crippen LogP contribution in [0.25, 0.3) is 5.69 Å². The summed E-state index contributed by atoms with van der Waals surface area (Å²) < 4.78 is 14.7. The molecule has 2 aromatic rings. The van der Waals surface area contributed by atoms with Crippen LogP contribution in [0.3, 0.4) is 0 Å². The number of carboxylic acids is 1. The molecule has 1 aromatic carbocycles. The van der Waals surface area contributed by atoms with Crippen LogP contribution in [-0.4, -0.2) is 20.9 Å². The number of aromatic nitrogens is 2. The number of halogens is 1. The van der Waals surface area contributed by atoms with Gasteiger partial charge < -0.3 is 5.11 Å². The SMILES string of the molecule is O=C(O)C1CCc2c(cnn2-c2ccc(F)cc2)C1.